The van der Waals surface area contributed by atoms with Gasteiger partial charge in [-0.25, -0.2) is 4.98 Å². The second kappa shape index (κ2) is 6.72. The van der Waals surface area contributed by atoms with Crippen molar-refractivity contribution in [2.75, 3.05) is 0 Å². The molecule has 1 aliphatic heterocycles. The van der Waals surface area contributed by atoms with Crippen LogP contribution in [0.3, 0.4) is 0 Å². The first-order valence-corrected chi connectivity index (χ1v) is 10.2. The number of hydrazine groups is 1. The van der Waals surface area contributed by atoms with E-state index in [0.717, 1.165) is 31.0 Å². The van der Waals surface area contributed by atoms with E-state index in [4.69, 9.17) is 0 Å². The lowest BCUT2D eigenvalue weighted by molar-refractivity contribution is -0.123. The standard InChI is InChI=1S/C21H24N4O3/c26-19(11-15-9-12-3-4-13(15)8-12)23-24-20(27)14-5-6-16-17(10-14)22-18-2-1-7-25(18)21(16)28/h5-6,10,12-13,15H,1-4,7-9,11H2,(H,23,26)(H,24,27)/t12-,13+,15+/m0/s1. The first kappa shape index (κ1) is 17.4. The van der Waals surface area contributed by atoms with Gasteiger partial charge in [-0.15, -0.1) is 0 Å². The zero-order valence-electron chi connectivity index (χ0n) is 15.7. The molecular formula is C21H24N4O3. The molecule has 3 atom stereocenters. The van der Waals surface area contributed by atoms with Gasteiger partial charge in [0.05, 0.1) is 10.9 Å². The van der Waals surface area contributed by atoms with Crippen molar-refractivity contribution in [3.8, 4) is 0 Å². The number of benzene rings is 1. The Hall–Kier alpha value is -2.70. The molecule has 2 heterocycles. The van der Waals surface area contributed by atoms with Crippen LogP contribution in [0.25, 0.3) is 10.9 Å². The number of hydrogen-bond acceptors (Lipinski definition) is 4. The lowest BCUT2D eigenvalue weighted by Crippen LogP contribution is -2.42. The summed E-state index contributed by atoms with van der Waals surface area (Å²) in [4.78, 5) is 41.7. The van der Waals surface area contributed by atoms with E-state index in [9.17, 15) is 14.4 Å². The van der Waals surface area contributed by atoms with Crippen LogP contribution in [-0.4, -0.2) is 21.4 Å². The minimum Gasteiger partial charge on any atom is -0.296 e. The SMILES string of the molecule is O=C(C[C@H]1C[C@H]2CC[C@@H]1C2)NNC(=O)c1ccc2c(=O)n3c(nc2c1)CCC3. The highest BCUT2D eigenvalue weighted by molar-refractivity contribution is 5.98. The number of rotatable bonds is 3. The summed E-state index contributed by atoms with van der Waals surface area (Å²) >= 11 is 0. The summed E-state index contributed by atoms with van der Waals surface area (Å²) in [6.45, 7) is 0.702. The third-order valence-corrected chi connectivity index (χ3v) is 6.73. The molecule has 0 radical (unpaired) electrons. The summed E-state index contributed by atoms with van der Waals surface area (Å²) in [5, 5.41) is 0.516. The second-order valence-electron chi connectivity index (χ2n) is 8.46. The largest absolute Gasteiger partial charge is 0.296 e. The van der Waals surface area contributed by atoms with Crippen LogP contribution in [0.1, 0.15) is 54.7 Å². The summed E-state index contributed by atoms with van der Waals surface area (Å²) < 4.78 is 1.71. The molecule has 146 valence electrons. The number of carbonyl (C=O) groups excluding carboxylic acids is 2. The van der Waals surface area contributed by atoms with Crippen molar-refractivity contribution in [1.29, 1.82) is 0 Å². The molecule has 7 nitrogen and oxygen atoms in total. The molecule has 2 saturated carbocycles. The van der Waals surface area contributed by atoms with E-state index in [0.29, 0.717) is 41.3 Å². The highest BCUT2D eigenvalue weighted by atomic mass is 16.2. The number of aromatic nitrogens is 2. The zero-order chi connectivity index (χ0) is 19.3. The van der Waals surface area contributed by atoms with Crippen LogP contribution < -0.4 is 16.4 Å². The maximum absolute atomic E-state index is 12.5. The zero-order valence-corrected chi connectivity index (χ0v) is 15.7. The van der Waals surface area contributed by atoms with Crippen molar-refractivity contribution < 1.29 is 9.59 Å². The lowest BCUT2D eigenvalue weighted by atomic mass is 9.86. The van der Waals surface area contributed by atoms with Gasteiger partial charge in [-0.1, -0.05) is 6.42 Å². The van der Waals surface area contributed by atoms with E-state index in [-0.39, 0.29) is 11.5 Å². The molecule has 1 aromatic carbocycles. The van der Waals surface area contributed by atoms with Gasteiger partial charge in [0.25, 0.3) is 11.5 Å². The van der Waals surface area contributed by atoms with Crippen LogP contribution in [0.5, 0.6) is 0 Å². The van der Waals surface area contributed by atoms with Crippen molar-refractivity contribution in [2.24, 2.45) is 17.8 Å². The molecule has 7 heteroatoms. The summed E-state index contributed by atoms with van der Waals surface area (Å²) in [5.74, 6) is 2.17. The van der Waals surface area contributed by atoms with Crippen LogP contribution in [0.15, 0.2) is 23.0 Å². The Bertz CT molecular complexity index is 1030. The summed E-state index contributed by atoms with van der Waals surface area (Å²) in [6.07, 6.45) is 7.12. The molecule has 1 aromatic heterocycles. The van der Waals surface area contributed by atoms with Crippen molar-refractivity contribution in [2.45, 2.75) is 51.5 Å². The summed E-state index contributed by atoms with van der Waals surface area (Å²) in [5.41, 5.74) is 5.89. The number of carbonyl (C=O) groups is 2. The number of fused-ring (bicyclic) bond motifs is 4. The number of nitrogens with one attached hydrogen (secondary N) is 2. The van der Waals surface area contributed by atoms with Gasteiger partial charge in [0.15, 0.2) is 0 Å². The Balaban J connectivity index is 1.25. The first-order chi connectivity index (χ1) is 13.6. The van der Waals surface area contributed by atoms with Gasteiger partial charge in [0, 0.05) is 24.9 Å². The quantitative estimate of drug-likeness (QED) is 0.796. The number of nitrogens with zero attached hydrogens (tertiary/aromatic N) is 2. The van der Waals surface area contributed by atoms with E-state index < -0.39 is 5.91 Å². The van der Waals surface area contributed by atoms with E-state index >= 15 is 0 Å². The average molecular weight is 380 g/mol. The van der Waals surface area contributed by atoms with Gasteiger partial charge in [0.2, 0.25) is 5.91 Å². The summed E-state index contributed by atoms with van der Waals surface area (Å²) in [6, 6.07) is 4.86. The van der Waals surface area contributed by atoms with E-state index in [1.165, 1.54) is 19.3 Å². The van der Waals surface area contributed by atoms with Crippen LogP contribution in [-0.2, 0) is 17.8 Å². The molecule has 2 amide bonds. The Kier molecular flexibility index (Phi) is 4.18. The van der Waals surface area contributed by atoms with Crippen LogP contribution in [0, 0.1) is 17.8 Å². The fraction of sp³-hybridized carbons (Fsp3) is 0.524. The van der Waals surface area contributed by atoms with Crippen LogP contribution >= 0.6 is 0 Å². The van der Waals surface area contributed by atoms with Gasteiger partial charge in [-0.3, -0.25) is 29.8 Å². The van der Waals surface area contributed by atoms with Gasteiger partial charge < -0.3 is 0 Å². The Morgan fingerprint density at radius 3 is 2.86 bits per heavy atom. The molecule has 2 fully saturated rings. The average Bonchev–Trinajstić information content (AvgIpc) is 3.42. The monoisotopic (exact) mass is 380 g/mol. The van der Waals surface area contributed by atoms with E-state index in [2.05, 4.69) is 15.8 Å². The molecule has 0 saturated heterocycles. The van der Waals surface area contributed by atoms with Gasteiger partial charge >= 0.3 is 0 Å². The number of amides is 2. The molecule has 2 aromatic rings. The van der Waals surface area contributed by atoms with Crippen molar-refractivity contribution in [3.05, 3.63) is 39.9 Å². The Labute approximate surface area is 162 Å². The molecule has 0 spiro atoms. The molecule has 2 N–H and O–H groups in total. The van der Waals surface area contributed by atoms with Crippen LogP contribution in [0.4, 0.5) is 0 Å². The van der Waals surface area contributed by atoms with Crippen molar-refractivity contribution >= 4 is 22.7 Å². The smallest absolute Gasteiger partial charge is 0.269 e. The Morgan fingerprint density at radius 1 is 1.18 bits per heavy atom. The second-order valence-corrected chi connectivity index (χ2v) is 8.46. The summed E-state index contributed by atoms with van der Waals surface area (Å²) in [7, 11) is 0. The van der Waals surface area contributed by atoms with Gasteiger partial charge in [0.1, 0.15) is 5.82 Å². The van der Waals surface area contributed by atoms with E-state index in [1.807, 2.05) is 0 Å². The molecule has 2 aliphatic carbocycles. The Morgan fingerprint density at radius 2 is 2.07 bits per heavy atom. The van der Waals surface area contributed by atoms with Crippen molar-refractivity contribution in [1.82, 2.24) is 20.4 Å². The van der Waals surface area contributed by atoms with E-state index in [1.54, 1.807) is 22.8 Å². The van der Waals surface area contributed by atoms with Gasteiger partial charge in [-0.05, 0) is 61.6 Å². The maximum Gasteiger partial charge on any atom is 0.269 e. The predicted molar refractivity (Wildman–Crippen MR) is 103 cm³/mol. The topological polar surface area (TPSA) is 93.1 Å². The molecule has 5 rings (SSSR count). The predicted octanol–water partition coefficient (Wildman–Crippen LogP) is 1.93. The molecule has 0 unspecified atom stereocenters. The molecule has 2 bridgehead atoms. The highest BCUT2D eigenvalue weighted by Crippen LogP contribution is 2.49. The maximum atomic E-state index is 12.5. The lowest BCUT2D eigenvalue weighted by Gasteiger charge is -2.20. The minimum absolute atomic E-state index is 0.0522. The third-order valence-electron chi connectivity index (χ3n) is 6.73. The number of hydrogen-bond donors (Lipinski definition) is 2. The fourth-order valence-corrected chi connectivity index (χ4v) is 5.34. The first-order valence-electron chi connectivity index (χ1n) is 10.2. The molecule has 28 heavy (non-hydrogen) atoms. The highest BCUT2D eigenvalue weighted by Gasteiger charge is 2.40. The van der Waals surface area contributed by atoms with Crippen LogP contribution in [0.2, 0.25) is 0 Å². The molecular weight excluding hydrogens is 356 g/mol. The number of aryl methyl sites for hydroxylation is 1. The minimum atomic E-state index is -0.398. The normalized spacial score (nSPS) is 25.1. The van der Waals surface area contributed by atoms with Gasteiger partial charge in [-0.2, -0.15) is 0 Å². The third kappa shape index (κ3) is 2.99. The van der Waals surface area contributed by atoms with Crippen molar-refractivity contribution in [3.63, 3.8) is 0 Å². The fourth-order valence-electron chi connectivity index (χ4n) is 5.34. The molecule has 3 aliphatic rings.